The van der Waals surface area contributed by atoms with Crippen LogP contribution >= 0.6 is 0 Å². The minimum absolute atomic E-state index is 0.722. The molecule has 0 amide bonds. The molecule has 1 heterocycles. The van der Waals surface area contributed by atoms with Gasteiger partial charge in [0.1, 0.15) is 11.6 Å². The van der Waals surface area contributed by atoms with Crippen molar-refractivity contribution in [2.24, 2.45) is 0 Å². The number of nitrogens with zero attached hydrogens (tertiary/aromatic N) is 3. The van der Waals surface area contributed by atoms with E-state index in [1.54, 1.807) is 7.11 Å². The summed E-state index contributed by atoms with van der Waals surface area (Å²) in [7, 11) is 5.82. The molecule has 0 aliphatic heterocycles. The Balaban J connectivity index is 2.13. The summed E-state index contributed by atoms with van der Waals surface area (Å²) >= 11 is 0. The second kappa shape index (κ2) is 9.85. The van der Waals surface area contributed by atoms with Crippen LogP contribution in [0.2, 0.25) is 0 Å². The smallest absolute Gasteiger partial charge is 0.163 e. The quantitative estimate of drug-likeness (QED) is 0.653. The first-order valence-corrected chi connectivity index (χ1v) is 8.25. The Morgan fingerprint density at radius 3 is 2.29 bits per heavy atom. The second-order valence-corrected chi connectivity index (χ2v) is 5.83. The molecule has 2 N–H and O–H groups in total. The molecule has 0 saturated heterocycles. The van der Waals surface area contributed by atoms with Gasteiger partial charge in [-0.05, 0) is 20.5 Å². The van der Waals surface area contributed by atoms with Crippen LogP contribution in [0.25, 0.3) is 11.4 Å². The zero-order valence-electron chi connectivity index (χ0n) is 14.7. The van der Waals surface area contributed by atoms with E-state index in [1.165, 1.54) is 0 Å². The molecule has 0 atom stereocenters. The summed E-state index contributed by atoms with van der Waals surface area (Å²) in [6.45, 7) is 3.33. The van der Waals surface area contributed by atoms with E-state index < -0.39 is 0 Å². The number of hydrogen-bond acceptors (Lipinski definition) is 6. The van der Waals surface area contributed by atoms with Crippen molar-refractivity contribution < 1.29 is 4.74 Å². The molecule has 0 aliphatic carbocycles. The molecular weight excluding hydrogens is 302 g/mol. The molecule has 0 unspecified atom stereocenters. The van der Waals surface area contributed by atoms with Gasteiger partial charge in [0.25, 0.3) is 0 Å². The van der Waals surface area contributed by atoms with E-state index in [0.29, 0.717) is 0 Å². The van der Waals surface area contributed by atoms with Crippen molar-refractivity contribution in [3.63, 3.8) is 0 Å². The number of anilines is 2. The van der Waals surface area contributed by atoms with Gasteiger partial charge in [-0.3, -0.25) is 0 Å². The van der Waals surface area contributed by atoms with Gasteiger partial charge in [0.2, 0.25) is 0 Å². The van der Waals surface area contributed by atoms with Crippen molar-refractivity contribution in [1.29, 1.82) is 0 Å². The monoisotopic (exact) mass is 329 g/mol. The number of rotatable bonds is 10. The average molecular weight is 329 g/mol. The highest BCUT2D eigenvalue weighted by molar-refractivity contribution is 5.61. The van der Waals surface area contributed by atoms with Crippen molar-refractivity contribution in [1.82, 2.24) is 14.9 Å². The lowest BCUT2D eigenvalue weighted by molar-refractivity contribution is 0.198. The number of hydrogen-bond donors (Lipinski definition) is 2. The van der Waals surface area contributed by atoms with Crippen molar-refractivity contribution in [2.75, 3.05) is 58.1 Å². The fraction of sp³-hybridized carbons (Fsp3) is 0.444. The number of aromatic nitrogens is 2. The third-order valence-electron chi connectivity index (χ3n) is 3.45. The third-order valence-corrected chi connectivity index (χ3v) is 3.45. The van der Waals surface area contributed by atoms with Crippen molar-refractivity contribution in [3.05, 3.63) is 36.4 Å². The van der Waals surface area contributed by atoms with Crippen molar-refractivity contribution in [3.8, 4) is 11.4 Å². The van der Waals surface area contributed by atoms with Crippen LogP contribution in [0.1, 0.15) is 6.42 Å². The maximum atomic E-state index is 5.08. The third kappa shape index (κ3) is 6.14. The number of nitrogens with one attached hydrogen (secondary N) is 2. The first-order valence-electron chi connectivity index (χ1n) is 8.25. The molecule has 0 radical (unpaired) electrons. The standard InChI is InChI=1S/C18H27N5O/c1-23(2)12-11-20-17-14-16(19-10-7-13-24-3)21-18(22-17)15-8-5-4-6-9-15/h4-6,8-9,14H,7,10-13H2,1-3H3,(H2,19,20,21,22). The molecule has 1 aromatic carbocycles. The molecule has 1 aromatic heterocycles. The second-order valence-electron chi connectivity index (χ2n) is 5.83. The SMILES string of the molecule is COCCCNc1cc(NCCN(C)C)nc(-c2ccccc2)n1. The molecule has 0 spiro atoms. The molecule has 0 aliphatic rings. The van der Waals surface area contributed by atoms with Gasteiger partial charge in [-0.2, -0.15) is 0 Å². The highest BCUT2D eigenvalue weighted by Gasteiger charge is 2.07. The Hall–Kier alpha value is -2.18. The van der Waals surface area contributed by atoms with Crippen LogP contribution in [0.4, 0.5) is 11.6 Å². The average Bonchev–Trinajstić information content (AvgIpc) is 2.59. The molecule has 0 fully saturated rings. The lowest BCUT2D eigenvalue weighted by Gasteiger charge is -2.13. The minimum atomic E-state index is 0.722. The van der Waals surface area contributed by atoms with Crippen LogP contribution in [0.15, 0.2) is 36.4 Å². The van der Waals surface area contributed by atoms with E-state index in [4.69, 9.17) is 4.74 Å². The predicted molar refractivity (Wildman–Crippen MR) is 99.5 cm³/mol. The highest BCUT2D eigenvalue weighted by atomic mass is 16.5. The van der Waals surface area contributed by atoms with Gasteiger partial charge in [-0.1, -0.05) is 30.3 Å². The maximum Gasteiger partial charge on any atom is 0.163 e. The van der Waals surface area contributed by atoms with Crippen LogP contribution in [0, 0.1) is 0 Å². The van der Waals surface area contributed by atoms with Gasteiger partial charge >= 0.3 is 0 Å². The maximum absolute atomic E-state index is 5.08. The summed E-state index contributed by atoms with van der Waals surface area (Å²) < 4.78 is 5.08. The van der Waals surface area contributed by atoms with Gasteiger partial charge in [-0.25, -0.2) is 9.97 Å². The molecule has 6 nitrogen and oxygen atoms in total. The lowest BCUT2D eigenvalue weighted by Crippen LogP contribution is -2.21. The Kier molecular flexibility index (Phi) is 7.45. The lowest BCUT2D eigenvalue weighted by atomic mass is 10.2. The fourth-order valence-electron chi connectivity index (χ4n) is 2.19. The van der Waals surface area contributed by atoms with Crippen LogP contribution < -0.4 is 10.6 Å². The molecule has 2 aromatic rings. The largest absolute Gasteiger partial charge is 0.385 e. The zero-order valence-corrected chi connectivity index (χ0v) is 14.7. The normalized spacial score (nSPS) is 10.8. The van der Waals surface area contributed by atoms with Gasteiger partial charge in [0.15, 0.2) is 5.82 Å². The van der Waals surface area contributed by atoms with E-state index >= 15 is 0 Å². The van der Waals surface area contributed by atoms with E-state index in [2.05, 4.69) is 39.6 Å². The van der Waals surface area contributed by atoms with E-state index in [1.807, 2.05) is 36.4 Å². The first kappa shape index (κ1) is 18.2. The van der Waals surface area contributed by atoms with E-state index in [0.717, 1.165) is 55.7 Å². The van der Waals surface area contributed by atoms with Gasteiger partial charge < -0.3 is 20.3 Å². The van der Waals surface area contributed by atoms with Gasteiger partial charge in [0, 0.05) is 45.0 Å². The molecule has 130 valence electrons. The number of likely N-dealkylation sites (N-methyl/N-ethyl adjacent to an activating group) is 1. The van der Waals surface area contributed by atoms with Crippen LogP contribution in [0.3, 0.4) is 0 Å². The van der Waals surface area contributed by atoms with Gasteiger partial charge in [-0.15, -0.1) is 0 Å². The zero-order chi connectivity index (χ0) is 17.2. The Morgan fingerprint density at radius 1 is 1.00 bits per heavy atom. The van der Waals surface area contributed by atoms with Gasteiger partial charge in [0.05, 0.1) is 0 Å². The fourth-order valence-corrected chi connectivity index (χ4v) is 2.19. The Labute approximate surface area is 144 Å². The van der Waals surface area contributed by atoms with Crippen molar-refractivity contribution >= 4 is 11.6 Å². The summed E-state index contributed by atoms with van der Waals surface area (Å²) in [4.78, 5) is 11.4. The van der Waals surface area contributed by atoms with Crippen LogP contribution in [-0.4, -0.2) is 62.3 Å². The molecule has 0 bridgehead atoms. The topological polar surface area (TPSA) is 62.3 Å². The van der Waals surface area contributed by atoms with E-state index in [-0.39, 0.29) is 0 Å². The molecule has 6 heteroatoms. The number of ether oxygens (including phenoxy) is 1. The molecule has 0 saturated carbocycles. The summed E-state index contributed by atoms with van der Waals surface area (Å²) in [5.74, 6) is 2.38. The highest BCUT2D eigenvalue weighted by Crippen LogP contribution is 2.20. The molecular formula is C18H27N5O. The van der Waals surface area contributed by atoms with E-state index in [9.17, 15) is 0 Å². The van der Waals surface area contributed by atoms with Crippen LogP contribution in [0.5, 0.6) is 0 Å². The summed E-state index contributed by atoms with van der Waals surface area (Å²) in [6.07, 6.45) is 0.935. The summed E-state index contributed by atoms with van der Waals surface area (Å²) in [5, 5.41) is 6.72. The summed E-state index contributed by atoms with van der Waals surface area (Å²) in [6, 6.07) is 12.0. The minimum Gasteiger partial charge on any atom is -0.385 e. The molecule has 2 rings (SSSR count). The Morgan fingerprint density at radius 2 is 1.67 bits per heavy atom. The first-order chi connectivity index (χ1) is 11.7. The Bertz CT molecular complexity index is 604. The number of benzene rings is 1. The predicted octanol–water partition coefficient (Wildman–Crippen LogP) is 2.57. The van der Waals surface area contributed by atoms with Crippen LogP contribution in [-0.2, 0) is 4.74 Å². The van der Waals surface area contributed by atoms with Crippen molar-refractivity contribution in [2.45, 2.75) is 6.42 Å². The number of methoxy groups -OCH3 is 1. The summed E-state index contributed by atoms with van der Waals surface area (Å²) in [5.41, 5.74) is 1.01. The molecule has 24 heavy (non-hydrogen) atoms.